The number of hydrogen-bond donors (Lipinski definition) is 2. The van der Waals surface area contributed by atoms with Gasteiger partial charge in [-0.3, -0.25) is 4.79 Å². The van der Waals surface area contributed by atoms with Crippen LogP contribution in [0.4, 0.5) is 5.69 Å². The predicted octanol–water partition coefficient (Wildman–Crippen LogP) is 2.65. The molecule has 1 aromatic rings. The van der Waals surface area contributed by atoms with Crippen LogP contribution in [0.1, 0.15) is 52.3 Å². The zero-order valence-electron chi connectivity index (χ0n) is 12.9. The highest BCUT2D eigenvalue weighted by Gasteiger charge is 2.25. The molecule has 2 atom stereocenters. The second kappa shape index (κ2) is 7.18. The van der Waals surface area contributed by atoms with Crippen LogP contribution < -0.4 is 11.1 Å². The molecule has 0 aliphatic heterocycles. The van der Waals surface area contributed by atoms with E-state index in [-0.39, 0.29) is 35.7 Å². The number of halogens is 1. The van der Waals surface area contributed by atoms with Crippen molar-refractivity contribution in [2.75, 3.05) is 5.32 Å². The second-order valence-corrected chi connectivity index (χ2v) is 6.66. The largest absolute Gasteiger partial charge is 0.328 e. The molecule has 1 fully saturated rings. The molecule has 5 nitrogen and oxygen atoms in total. The zero-order valence-corrected chi connectivity index (χ0v) is 13.7. The SMILES string of the molecule is CC(C)(C)c1ncc(NC(=O)C2CCCC(N)C2)cn1.Cl. The number of rotatable bonds is 2. The van der Waals surface area contributed by atoms with Gasteiger partial charge in [0.2, 0.25) is 5.91 Å². The van der Waals surface area contributed by atoms with Gasteiger partial charge >= 0.3 is 0 Å². The molecule has 1 aliphatic carbocycles. The Hall–Kier alpha value is -1.20. The summed E-state index contributed by atoms with van der Waals surface area (Å²) in [5, 5.41) is 2.89. The average Bonchev–Trinajstić information content (AvgIpc) is 2.38. The van der Waals surface area contributed by atoms with Crippen molar-refractivity contribution >= 4 is 24.0 Å². The van der Waals surface area contributed by atoms with Gasteiger partial charge in [-0.2, -0.15) is 0 Å². The Morgan fingerprint density at radius 1 is 1.29 bits per heavy atom. The number of aromatic nitrogens is 2. The quantitative estimate of drug-likeness (QED) is 0.879. The number of nitrogens with two attached hydrogens (primary N) is 1. The molecule has 21 heavy (non-hydrogen) atoms. The first-order chi connectivity index (χ1) is 9.36. The Morgan fingerprint density at radius 3 is 2.43 bits per heavy atom. The minimum Gasteiger partial charge on any atom is -0.328 e. The molecule has 0 spiro atoms. The number of amides is 1. The minimum atomic E-state index is -0.0846. The van der Waals surface area contributed by atoms with E-state index in [1.807, 2.05) is 0 Å². The van der Waals surface area contributed by atoms with Crippen LogP contribution in [-0.2, 0) is 10.2 Å². The van der Waals surface area contributed by atoms with Crippen molar-refractivity contribution in [2.24, 2.45) is 11.7 Å². The fraction of sp³-hybridized carbons (Fsp3) is 0.667. The summed E-state index contributed by atoms with van der Waals surface area (Å²) in [7, 11) is 0. The minimum absolute atomic E-state index is 0. The van der Waals surface area contributed by atoms with E-state index in [4.69, 9.17) is 5.73 Å². The first-order valence-corrected chi connectivity index (χ1v) is 7.25. The van der Waals surface area contributed by atoms with E-state index in [1.165, 1.54) is 0 Å². The third-order valence-electron chi connectivity index (χ3n) is 3.68. The maximum Gasteiger partial charge on any atom is 0.227 e. The molecule has 0 aromatic carbocycles. The van der Waals surface area contributed by atoms with Gasteiger partial charge in [-0.05, 0) is 19.3 Å². The highest BCUT2D eigenvalue weighted by atomic mass is 35.5. The van der Waals surface area contributed by atoms with Crippen LogP contribution >= 0.6 is 12.4 Å². The molecular weight excluding hydrogens is 288 g/mol. The highest BCUT2D eigenvalue weighted by molar-refractivity contribution is 5.92. The van der Waals surface area contributed by atoms with Crippen LogP contribution in [0.5, 0.6) is 0 Å². The van der Waals surface area contributed by atoms with Gasteiger partial charge in [0.05, 0.1) is 18.1 Å². The first kappa shape index (κ1) is 17.9. The number of anilines is 1. The van der Waals surface area contributed by atoms with Crippen LogP contribution in [0.3, 0.4) is 0 Å². The van der Waals surface area contributed by atoms with E-state index in [0.29, 0.717) is 5.69 Å². The molecule has 118 valence electrons. The maximum absolute atomic E-state index is 12.2. The fourth-order valence-electron chi connectivity index (χ4n) is 2.49. The second-order valence-electron chi connectivity index (χ2n) is 6.66. The van der Waals surface area contributed by atoms with Gasteiger partial charge in [0.1, 0.15) is 5.82 Å². The molecule has 1 aliphatic rings. The molecule has 1 heterocycles. The lowest BCUT2D eigenvalue weighted by Gasteiger charge is -2.25. The number of nitrogens with zero attached hydrogens (tertiary/aromatic N) is 2. The molecule has 3 N–H and O–H groups in total. The summed E-state index contributed by atoms with van der Waals surface area (Å²) in [5.41, 5.74) is 6.49. The van der Waals surface area contributed by atoms with Crippen molar-refractivity contribution in [3.63, 3.8) is 0 Å². The van der Waals surface area contributed by atoms with Gasteiger partial charge in [0.25, 0.3) is 0 Å². The van der Waals surface area contributed by atoms with Gasteiger partial charge in [-0.25, -0.2) is 9.97 Å². The van der Waals surface area contributed by atoms with Crippen molar-refractivity contribution in [3.8, 4) is 0 Å². The monoisotopic (exact) mass is 312 g/mol. The van der Waals surface area contributed by atoms with E-state index in [9.17, 15) is 4.79 Å². The highest BCUT2D eigenvalue weighted by Crippen LogP contribution is 2.24. The van der Waals surface area contributed by atoms with Crippen LogP contribution in [0.2, 0.25) is 0 Å². The molecule has 2 rings (SSSR count). The van der Waals surface area contributed by atoms with Gasteiger partial charge in [-0.1, -0.05) is 27.2 Å². The molecule has 1 aromatic heterocycles. The Morgan fingerprint density at radius 2 is 1.90 bits per heavy atom. The van der Waals surface area contributed by atoms with Crippen molar-refractivity contribution < 1.29 is 4.79 Å². The van der Waals surface area contributed by atoms with Crippen LogP contribution in [0.25, 0.3) is 0 Å². The lowest BCUT2D eigenvalue weighted by Crippen LogP contribution is -2.34. The normalized spacial score (nSPS) is 22.3. The van der Waals surface area contributed by atoms with E-state index in [0.717, 1.165) is 31.5 Å². The standard InChI is InChI=1S/C15H24N4O.ClH/c1-15(2,3)14-17-8-12(9-18-14)19-13(20)10-5-4-6-11(16)7-10;/h8-11H,4-7,16H2,1-3H3,(H,19,20);1H. The summed E-state index contributed by atoms with van der Waals surface area (Å²) < 4.78 is 0. The van der Waals surface area contributed by atoms with Gasteiger partial charge in [0, 0.05) is 17.4 Å². The number of hydrogen-bond acceptors (Lipinski definition) is 4. The van der Waals surface area contributed by atoms with Crippen molar-refractivity contribution in [3.05, 3.63) is 18.2 Å². The number of carbonyl (C=O) groups is 1. The third kappa shape index (κ3) is 4.93. The molecule has 2 unspecified atom stereocenters. The lowest BCUT2D eigenvalue weighted by molar-refractivity contribution is -0.120. The third-order valence-corrected chi connectivity index (χ3v) is 3.68. The lowest BCUT2D eigenvalue weighted by atomic mass is 9.85. The van der Waals surface area contributed by atoms with E-state index >= 15 is 0 Å². The number of nitrogens with one attached hydrogen (secondary N) is 1. The summed E-state index contributed by atoms with van der Waals surface area (Å²) in [6.07, 6.45) is 7.08. The topological polar surface area (TPSA) is 80.9 Å². The maximum atomic E-state index is 12.2. The molecule has 0 bridgehead atoms. The smallest absolute Gasteiger partial charge is 0.227 e. The molecule has 0 saturated heterocycles. The predicted molar refractivity (Wildman–Crippen MR) is 86.5 cm³/mol. The summed E-state index contributed by atoms with van der Waals surface area (Å²) in [4.78, 5) is 20.8. The Bertz CT molecular complexity index is 470. The van der Waals surface area contributed by atoms with Crippen molar-refractivity contribution in [1.29, 1.82) is 0 Å². The molecule has 6 heteroatoms. The first-order valence-electron chi connectivity index (χ1n) is 7.25. The summed E-state index contributed by atoms with van der Waals surface area (Å²) >= 11 is 0. The molecule has 0 radical (unpaired) electrons. The van der Waals surface area contributed by atoms with Crippen LogP contribution in [-0.4, -0.2) is 21.9 Å². The summed E-state index contributed by atoms with van der Waals surface area (Å²) in [5.74, 6) is 0.823. The zero-order chi connectivity index (χ0) is 14.8. The van der Waals surface area contributed by atoms with E-state index in [2.05, 4.69) is 36.1 Å². The van der Waals surface area contributed by atoms with Gasteiger partial charge in [-0.15, -0.1) is 12.4 Å². The van der Waals surface area contributed by atoms with E-state index in [1.54, 1.807) is 12.4 Å². The fourth-order valence-corrected chi connectivity index (χ4v) is 2.49. The van der Waals surface area contributed by atoms with Gasteiger partial charge < -0.3 is 11.1 Å². The molecule has 1 amide bonds. The molecular formula is C15H25ClN4O. The Balaban J connectivity index is 0.00000220. The van der Waals surface area contributed by atoms with Crippen LogP contribution in [0.15, 0.2) is 12.4 Å². The van der Waals surface area contributed by atoms with Crippen LogP contribution in [0, 0.1) is 5.92 Å². The van der Waals surface area contributed by atoms with Crippen molar-refractivity contribution in [1.82, 2.24) is 9.97 Å². The summed E-state index contributed by atoms with van der Waals surface area (Å²) in [6.45, 7) is 6.18. The summed E-state index contributed by atoms with van der Waals surface area (Å²) in [6, 6.07) is 0.152. The number of carbonyl (C=O) groups excluding carboxylic acids is 1. The van der Waals surface area contributed by atoms with E-state index < -0.39 is 0 Å². The Labute approximate surface area is 132 Å². The average molecular weight is 313 g/mol. The van der Waals surface area contributed by atoms with Gasteiger partial charge in [0.15, 0.2) is 0 Å². The molecule has 1 saturated carbocycles. The van der Waals surface area contributed by atoms with Crippen molar-refractivity contribution in [2.45, 2.75) is 57.9 Å². The Kier molecular flexibility index (Phi) is 6.10.